The van der Waals surface area contributed by atoms with E-state index in [2.05, 4.69) is 243 Å². The van der Waals surface area contributed by atoms with Crippen LogP contribution in [0.3, 0.4) is 0 Å². The zero-order chi connectivity index (χ0) is 42.6. The summed E-state index contributed by atoms with van der Waals surface area (Å²) in [6.45, 7) is 4.73. The van der Waals surface area contributed by atoms with E-state index >= 15 is 0 Å². The first kappa shape index (κ1) is 36.7. The molecule has 0 radical (unpaired) electrons. The Morgan fingerprint density at radius 2 is 0.891 bits per heavy atom. The van der Waals surface area contributed by atoms with Gasteiger partial charge in [-0.15, -0.1) is 0 Å². The van der Waals surface area contributed by atoms with Gasteiger partial charge in [-0.3, -0.25) is 0 Å². The van der Waals surface area contributed by atoms with Gasteiger partial charge in [-0.25, -0.2) is 0 Å². The van der Waals surface area contributed by atoms with Crippen LogP contribution in [0.4, 0.5) is 17.1 Å². The van der Waals surface area contributed by atoms with Crippen LogP contribution in [0.25, 0.3) is 66.1 Å². The molecule has 2 nitrogen and oxygen atoms in total. The van der Waals surface area contributed by atoms with Gasteiger partial charge in [0.15, 0.2) is 5.58 Å². The maximum absolute atomic E-state index is 7.17. The number of fused-ring (bicyclic) bond motifs is 10. The molecule has 13 rings (SSSR count). The molecular formula is C62H43NO. The number of rotatable bonds is 6. The molecule has 2 aliphatic rings. The molecule has 2 heteroatoms. The fourth-order valence-electron chi connectivity index (χ4n) is 11.3. The van der Waals surface area contributed by atoms with E-state index in [0.717, 1.165) is 55.5 Å². The fourth-order valence-corrected chi connectivity index (χ4v) is 11.3. The molecule has 0 saturated carbocycles. The largest absolute Gasteiger partial charge is 0.454 e. The molecule has 0 atom stereocenters. The molecule has 0 aliphatic heterocycles. The van der Waals surface area contributed by atoms with Crippen LogP contribution in [0.2, 0.25) is 0 Å². The van der Waals surface area contributed by atoms with Crippen LogP contribution in [-0.2, 0) is 10.8 Å². The minimum absolute atomic E-state index is 0.191. The van der Waals surface area contributed by atoms with Crippen LogP contribution in [-0.4, -0.2) is 0 Å². The quantitative estimate of drug-likeness (QED) is 0.166. The molecule has 0 amide bonds. The summed E-state index contributed by atoms with van der Waals surface area (Å²) in [5.41, 5.74) is 19.2. The van der Waals surface area contributed by atoms with Crippen molar-refractivity contribution in [1.29, 1.82) is 0 Å². The Labute approximate surface area is 373 Å². The van der Waals surface area contributed by atoms with Gasteiger partial charge in [-0.2, -0.15) is 0 Å². The van der Waals surface area contributed by atoms with E-state index in [1.807, 2.05) is 0 Å². The SMILES string of the molecule is CC1(C)c2ccccc2-c2ccc(N(c3ccc4c(c3)C(c3ccccc3)(c3ccccc3)c3ccccc3-4)c3cc(-c4ccccc4)cc4c3oc3cc5ccccc5cc34)cc21. The van der Waals surface area contributed by atoms with Crippen LogP contribution in [0.5, 0.6) is 0 Å². The van der Waals surface area contributed by atoms with Crippen LogP contribution in [0.1, 0.15) is 47.2 Å². The van der Waals surface area contributed by atoms with E-state index in [-0.39, 0.29) is 5.41 Å². The highest BCUT2D eigenvalue weighted by atomic mass is 16.3. The Kier molecular flexibility index (Phi) is 7.90. The predicted octanol–water partition coefficient (Wildman–Crippen LogP) is 16.5. The molecule has 0 saturated heterocycles. The second-order valence-electron chi connectivity index (χ2n) is 18.0. The predicted molar refractivity (Wildman–Crippen MR) is 266 cm³/mol. The zero-order valence-corrected chi connectivity index (χ0v) is 35.7. The summed E-state index contributed by atoms with van der Waals surface area (Å²) in [7, 11) is 0. The van der Waals surface area contributed by atoms with Crippen molar-refractivity contribution in [3.05, 3.63) is 258 Å². The van der Waals surface area contributed by atoms with Gasteiger partial charge in [-0.1, -0.05) is 190 Å². The second kappa shape index (κ2) is 13.8. The molecular weight excluding hydrogens is 775 g/mol. The lowest BCUT2D eigenvalue weighted by molar-refractivity contribution is 0.660. The van der Waals surface area contributed by atoms with Gasteiger partial charge in [0.05, 0.1) is 11.1 Å². The van der Waals surface area contributed by atoms with Crippen LogP contribution >= 0.6 is 0 Å². The maximum Gasteiger partial charge on any atom is 0.159 e. The first-order valence-electron chi connectivity index (χ1n) is 22.3. The first-order valence-corrected chi connectivity index (χ1v) is 22.3. The fraction of sp³-hybridized carbons (Fsp3) is 0.0645. The highest BCUT2D eigenvalue weighted by Crippen LogP contribution is 2.58. The monoisotopic (exact) mass is 817 g/mol. The Bertz CT molecular complexity index is 3600. The molecule has 1 aromatic heterocycles. The maximum atomic E-state index is 7.17. The molecule has 0 spiro atoms. The molecule has 0 N–H and O–H groups in total. The normalized spacial score (nSPS) is 14.0. The number of benzene rings is 10. The molecule has 11 aromatic rings. The molecule has 1 heterocycles. The van der Waals surface area contributed by atoms with E-state index in [9.17, 15) is 0 Å². The summed E-state index contributed by atoms with van der Waals surface area (Å²) in [6.07, 6.45) is 0. The third-order valence-corrected chi connectivity index (χ3v) is 14.3. The Morgan fingerprint density at radius 3 is 1.56 bits per heavy atom. The lowest BCUT2D eigenvalue weighted by Gasteiger charge is -2.35. The van der Waals surface area contributed by atoms with Gasteiger partial charge in [-0.05, 0) is 126 Å². The smallest absolute Gasteiger partial charge is 0.159 e. The Morgan fingerprint density at radius 1 is 0.375 bits per heavy atom. The number of anilines is 3. The highest BCUT2D eigenvalue weighted by molar-refractivity contribution is 6.15. The molecule has 64 heavy (non-hydrogen) atoms. The molecule has 10 aromatic carbocycles. The minimum atomic E-state index is -0.557. The van der Waals surface area contributed by atoms with Crippen molar-refractivity contribution in [2.45, 2.75) is 24.7 Å². The Hall–Kier alpha value is -7.94. The summed E-state index contributed by atoms with van der Waals surface area (Å²) < 4.78 is 7.17. The average Bonchev–Trinajstić information content (AvgIpc) is 3.94. The molecule has 0 unspecified atom stereocenters. The summed E-state index contributed by atoms with van der Waals surface area (Å²) in [6, 6.07) is 82.8. The summed E-state index contributed by atoms with van der Waals surface area (Å²) in [5.74, 6) is 0. The van der Waals surface area contributed by atoms with Crippen molar-refractivity contribution >= 4 is 49.8 Å². The minimum Gasteiger partial charge on any atom is -0.454 e. The highest BCUT2D eigenvalue weighted by Gasteiger charge is 2.46. The van der Waals surface area contributed by atoms with Gasteiger partial charge >= 0.3 is 0 Å². The van der Waals surface area contributed by atoms with E-state index in [1.165, 1.54) is 61.0 Å². The van der Waals surface area contributed by atoms with Crippen LogP contribution in [0.15, 0.2) is 229 Å². The van der Waals surface area contributed by atoms with E-state index in [4.69, 9.17) is 4.42 Å². The number of furan rings is 1. The van der Waals surface area contributed by atoms with Crippen LogP contribution < -0.4 is 4.90 Å². The Balaban J connectivity index is 1.14. The number of nitrogens with zero attached hydrogens (tertiary/aromatic N) is 1. The van der Waals surface area contributed by atoms with Gasteiger partial charge in [0, 0.05) is 27.6 Å². The van der Waals surface area contributed by atoms with Gasteiger partial charge < -0.3 is 9.32 Å². The van der Waals surface area contributed by atoms with Crippen molar-refractivity contribution in [3.63, 3.8) is 0 Å². The zero-order valence-electron chi connectivity index (χ0n) is 35.7. The summed E-state index contributed by atoms with van der Waals surface area (Å²) in [4.78, 5) is 2.47. The molecule has 0 bridgehead atoms. The lowest BCUT2D eigenvalue weighted by Crippen LogP contribution is -2.28. The topological polar surface area (TPSA) is 16.4 Å². The molecule has 2 aliphatic carbocycles. The van der Waals surface area contributed by atoms with Crippen molar-refractivity contribution in [3.8, 4) is 33.4 Å². The van der Waals surface area contributed by atoms with Crippen molar-refractivity contribution in [2.75, 3.05) is 4.90 Å². The molecule has 0 fully saturated rings. The lowest BCUT2D eigenvalue weighted by atomic mass is 9.67. The standard InChI is InChI=1S/C62H43NO/c1-61(2)54-28-16-14-26-48(54)50-32-30-46(38-56(50)61)63(58-36-43(40-18-6-3-7-19-40)35-53-52-34-41-20-12-13-21-42(41)37-59(52)64-60(53)58)47-31-33-51-49-27-15-17-29-55(49)62(57(51)39-47,44-22-8-4-9-23-44)45-24-10-5-11-25-45/h3-39H,1-2H3. The molecule has 302 valence electrons. The number of hydrogen-bond acceptors (Lipinski definition) is 2. The van der Waals surface area contributed by atoms with E-state index < -0.39 is 5.41 Å². The third kappa shape index (κ3) is 5.20. The van der Waals surface area contributed by atoms with Gasteiger partial charge in [0.25, 0.3) is 0 Å². The second-order valence-corrected chi connectivity index (χ2v) is 18.0. The number of hydrogen-bond donors (Lipinski definition) is 0. The van der Waals surface area contributed by atoms with Gasteiger partial charge in [0.1, 0.15) is 5.58 Å². The summed E-state index contributed by atoms with van der Waals surface area (Å²) >= 11 is 0. The average molecular weight is 818 g/mol. The van der Waals surface area contributed by atoms with Gasteiger partial charge in [0.2, 0.25) is 0 Å². The van der Waals surface area contributed by atoms with E-state index in [1.54, 1.807) is 0 Å². The summed E-state index contributed by atoms with van der Waals surface area (Å²) in [5, 5.41) is 4.55. The van der Waals surface area contributed by atoms with Crippen LogP contribution in [0, 0.1) is 0 Å². The first-order chi connectivity index (χ1) is 31.5. The third-order valence-electron chi connectivity index (χ3n) is 14.3. The van der Waals surface area contributed by atoms with E-state index in [0.29, 0.717) is 0 Å². The van der Waals surface area contributed by atoms with Crippen molar-refractivity contribution in [1.82, 2.24) is 0 Å². The van der Waals surface area contributed by atoms with Crippen molar-refractivity contribution in [2.24, 2.45) is 0 Å². The van der Waals surface area contributed by atoms with Crippen molar-refractivity contribution < 1.29 is 4.42 Å².